The van der Waals surface area contributed by atoms with Crippen molar-refractivity contribution >= 4 is 23.8 Å². The van der Waals surface area contributed by atoms with Crippen LogP contribution in [0.25, 0.3) is 0 Å². The fourth-order valence-corrected chi connectivity index (χ4v) is 6.12. The zero-order chi connectivity index (χ0) is 27.4. The van der Waals surface area contributed by atoms with E-state index in [2.05, 4.69) is 16.7 Å². The second kappa shape index (κ2) is 12.1. The number of amides is 4. The van der Waals surface area contributed by atoms with Crippen LogP contribution in [-0.4, -0.2) is 81.6 Å². The number of aryl methyl sites for hydroxylation is 1. The van der Waals surface area contributed by atoms with Crippen LogP contribution in [0.5, 0.6) is 0 Å². The lowest BCUT2D eigenvalue weighted by atomic mass is 9.83. The highest BCUT2D eigenvalue weighted by atomic mass is 16.4. The molecule has 10 heteroatoms. The lowest BCUT2D eigenvalue weighted by molar-refractivity contribution is -0.143. The van der Waals surface area contributed by atoms with Crippen molar-refractivity contribution in [1.29, 1.82) is 0 Å². The predicted octanol–water partition coefficient (Wildman–Crippen LogP) is 2.21. The van der Waals surface area contributed by atoms with Crippen molar-refractivity contribution in [3.63, 3.8) is 0 Å². The number of β-amino-alcohol motifs (C(OH)–C–C–N with tert-alkyl or cyclic N) is 1. The number of carboxylic acid groups (broad SMARTS) is 1. The number of nitrogens with zero attached hydrogens (tertiary/aromatic N) is 2. The number of benzene rings is 1. The van der Waals surface area contributed by atoms with E-state index in [-0.39, 0.29) is 30.8 Å². The molecule has 0 radical (unpaired) electrons. The molecule has 1 saturated carbocycles. The number of fused-ring (bicyclic) bond motifs is 1. The number of aliphatic hydroxyl groups is 1. The van der Waals surface area contributed by atoms with Crippen molar-refractivity contribution in [2.75, 3.05) is 13.6 Å². The summed E-state index contributed by atoms with van der Waals surface area (Å²) in [4.78, 5) is 54.1. The minimum atomic E-state index is -1.24. The van der Waals surface area contributed by atoms with Gasteiger partial charge in [0.05, 0.1) is 12.1 Å². The summed E-state index contributed by atoms with van der Waals surface area (Å²) < 4.78 is 0. The van der Waals surface area contributed by atoms with Crippen LogP contribution < -0.4 is 10.6 Å². The zero-order valence-corrected chi connectivity index (χ0v) is 22.3. The normalized spacial score (nSPS) is 25.1. The number of nitrogens with one attached hydrogen (secondary N) is 2. The van der Waals surface area contributed by atoms with Crippen LogP contribution in [0.3, 0.4) is 0 Å². The van der Waals surface area contributed by atoms with Gasteiger partial charge in [-0.2, -0.15) is 0 Å². The van der Waals surface area contributed by atoms with E-state index in [0.717, 1.165) is 61.8 Å². The molecule has 4 amide bonds. The van der Waals surface area contributed by atoms with Gasteiger partial charge in [0.2, 0.25) is 17.7 Å². The summed E-state index contributed by atoms with van der Waals surface area (Å²) in [5, 5.41) is 25.7. The molecule has 4 N–H and O–H groups in total. The van der Waals surface area contributed by atoms with E-state index in [1.165, 1.54) is 24.4 Å². The van der Waals surface area contributed by atoms with Crippen molar-refractivity contribution in [1.82, 2.24) is 20.4 Å². The Morgan fingerprint density at radius 2 is 1.76 bits per heavy atom. The van der Waals surface area contributed by atoms with E-state index in [9.17, 15) is 29.4 Å². The van der Waals surface area contributed by atoms with Crippen LogP contribution >= 0.6 is 0 Å². The first-order chi connectivity index (χ1) is 18.2. The summed E-state index contributed by atoms with van der Waals surface area (Å²) in [6.45, 7) is 1.49. The largest absolute Gasteiger partial charge is 0.465 e. The van der Waals surface area contributed by atoms with Crippen molar-refractivity contribution in [3.8, 4) is 0 Å². The monoisotopic (exact) mass is 528 g/mol. The van der Waals surface area contributed by atoms with Gasteiger partial charge in [-0.05, 0) is 56.1 Å². The van der Waals surface area contributed by atoms with Crippen LogP contribution in [-0.2, 0) is 20.8 Å². The third kappa shape index (κ3) is 6.11. The molecule has 3 aliphatic rings. The third-order valence-corrected chi connectivity index (χ3v) is 8.50. The topological polar surface area (TPSA) is 139 Å². The average molecular weight is 529 g/mol. The quantitative estimate of drug-likeness (QED) is 0.428. The van der Waals surface area contributed by atoms with E-state index in [0.29, 0.717) is 0 Å². The smallest absolute Gasteiger partial charge is 0.407 e. The van der Waals surface area contributed by atoms with Gasteiger partial charge >= 0.3 is 6.09 Å². The van der Waals surface area contributed by atoms with Crippen LogP contribution in [0.2, 0.25) is 0 Å². The second-order valence-corrected chi connectivity index (χ2v) is 11.0. The molecule has 1 aromatic carbocycles. The number of likely N-dealkylation sites (tertiary alicyclic amines) is 1. The third-order valence-electron chi connectivity index (χ3n) is 8.50. The number of carbonyl (C=O) groups is 4. The highest BCUT2D eigenvalue weighted by Crippen LogP contribution is 2.32. The molecular formula is C28H40N4O6. The molecule has 208 valence electrons. The van der Waals surface area contributed by atoms with Gasteiger partial charge in [0, 0.05) is 20.0 Å². The maximum atomic E-state index is 13.9. The van der Waals surface area contributed by atoms with Gasteiger partial charge < -0.3 is 25.7 Å². The minimum absolute atomic E-state index is 0.0157. The molecule has 0 aromatic heterocycles. The van der Waals surface area contributed by atoms with Crippen molar-refractivity contribution in [3.05, 3.63) is 35.4 Å². The summed E-state index contributed by atoms with van der Waals surface area (Å²) in [5.74, 6) is -1.37. The molecule has 1 aromatic rings. The average Bonchev–Trinajstić information content (AvgIpc) is 3.32. The van der Waals surface area contributed by atoms with Gasteiger partial charge in [-0.3, -0.25) is 19.3 Å². The molecule has 0 spiro atoms. The molecule has 1 heterocycles. The summed E-state index contributed by atoms with van der Waals surface area (Å²) in [7, 11) is 1.31. The number of carbonyl (C=O) groups excluding carboxylic acids is 3. The van der Waals surface area contributed by atoms with E-state index in [4.69, 9.17) is 0 Å². The van der Waals surface area contributed by atoms with Crippen molar-refractivity contribution in [2.24, 2.45) is 5.92 Å². The zero-order valence-electron chi connectivity index (χ0n) is 22.3. The molecule has 4 rings (SSSR count). The first kappa shape index (κ1) is 27.9. The molecule has 1 aliphatic heterocycles. The molecule has 1 saturated heterocycles. The van der Waals surface area contributed by atoms with Gasteiger partial charge in [0.25, 0.3) is 0 Å². The van der Waals surface area contributed by atoms with Crippen LogP contribution in [0, 0.1) is 5.92 Å². The molecule has 38 heavy (non-hydrogen) atoms. The lowest BCUT2D eigenvalue weighted by Gasteiger charge is -2.36. The number of hydrogen-bond donors (Lipinski definition) is 4. The lowest BCUT2D eigenvalue weighted by Crippen LogP contribution is -2.58. The highest BCUT2D eigenvalue weighted by molar-refractivity contribution is 5.94. The molecule has 2 fully saturated rings. The number of aliphatic hydroxyl groups excluding tert-OH is 1. The van der Waals surface area contributed by atoms with Crippen molar-refractivity contribution in [2.45, 2.75) is 95.0 Å². The molecule has 0 bridgehead atoms. The number of rotatable bonds is 7. The Labute approximate surface area is 223 Å². The van der Waals surface area contributed by atoms with E-state index < -0.39 is 42.1 Å². The Morgan fingerprint density at radius 3 is 2.47 bits per heavy atom. The maximum Gasteiger partial charge on any atom is 0.407 e. The minimum Gasteiger partial charge on any atom is -0.465 e. The number of likely N-dealkylation sites (N-methyl/N-ethyl adjacent to an activating group) is 1. The molecule has 0 unspecified atom stereocenters. The predicted molar refractivity (Wildman–Crippen MR) is 140 cm³/mol. The molecule has 5 atom stereocenters. The molecular weight excluding hydrogens is 488 g/mol. The van der Waals surface area contributed by atoms with Gasteiger partial charge in [0.15, 0.2) is 0 Å². The van der Waals surface area contributed by atoms with Crippen LogP contribution in [0.1, 0.15) is 75.5 Å². The Hall–Kier alpha value is -3.14. The standard InChI is InChI=1S/C28H40N4O6/c1-17(31(2)28(37)38)25(34)30-24(19-10-4-3-5-11-19)27(36)32-16-20(33)15-23(32)26(35)29-22-14-8-12-18-9-6-7-13-21(18)22/h6-7,9,13,17,19-20,22-24,33H,3-5,8,10-12,14-16H2,1-2H3,(H,29,35)(H,30,34)(H,37,38)/t17-,20+,22+,23-,24-/m0/s1. The first-order valence-corrected chi connectivity index (χ1v) is 13.8. The summed E-state index contributed by atoms with van der Waals surface area (Å²) in [5.41, 5.74) is 2.30. The van der Waals surface area contributed by atoms with E-state index in [1.54, 1.807) is 0 Å². The van der Waals surface area contributed by atoms with Crippen molar-refractivity contribution < 1.29 is 29.4 Å². The van der Waals surface area contributed by atoms with Gasteiger partial charge in [-0.1, -0.05) is 43.5 Å². The van der Waals surface area contributed by atoms with Crippen LogP contribution in [0.15, 0.2) is 24.3 Å². The summed E-state index contributed by atoms with van der Waals surface area (Å²) in [6.07, 6.45) is 5.22. The highest BCUT2D eigenvalue weighted by Gasteiger charge is 2.44. The second-order valence-electron chi connectivity index (χ2n) is 11.0. The maximum absolute atomic E-state index is 13.9. The Kier molecular flexibility index (Phi) is 8.91. The van der Waals surface area contributed by atoms with Crippen LogP contribution in [0.4, 0.5) is 4.79 Å². The fraction of sp³-hybridized carbons (Fsp3) is 0.643. The first-order valence-electron chi connectivity index (χ1n) is 13.8. The fourth-order valence-electron chi connectivity index (χ4n) is 6.12. The Balaban J connectivity index is 1.52. The van der Waals surface area contributed by atoms with E-state index >= 15 is 0 Å². The van der Waals surface area contributed by atoms with Gasteiger partial charge in [-0.25, -0.2) is 4.79 Å². The Morgan fingerprint density at radius 1 is 1.05 bits per heavy atom. The number of hydrogen-bond acceptors (Lipinski definition) is 5. The summed E-state index contributed by atoms with van der Waals surface area (Å²) >= 11 is 0. The summed E-state index contributed by atoms with van der Waals surface area (Å²) in [6, 6.07) is 5.19. The molecule has 10 nitrogen and oxygen atoms in total. The van der Waals surface area contributed by atoms with Gasteiger partial charge in [0.1, 0.15) is 18.1 Å². The Bertz CT molecular complexity index is 1040. The van der Waals surface area contributed by atoms with E-state index in [1.807, 2.05) is 18.2 Å². The SMILES string of the molecule is C[C@@H](C(=O)N[C@H](C(=O)N1C[C@H](O)C[C@H]1C(=O)N[C@@H]1CCCc2ccccc21)C1CCCCC1)N(C)C(=O)O. The van der Waals surface area contributed by atoms with Gasteiger partial charge in [-0.15, -0.1) is 0 Å². The molecule has 2 aliphatic carbocycles.